The Morgan fingerprint density at radius 3 is 2.35 bits per heavy atom. The first kappa shape index (κ1) is 14.0. The standard InChI is InChI=1S/C10H8BrF3O3/c11-7-3-1-2-6(4-7)5-9(17,8(15)16)10(12,13)14/h1-4,17H,5H2,(H,15,16). The molecule has 0 aliphatic heterocycles. The minimum Gasteiger partial charge on any atom is -0.479 e. The maximum Gasteiger partial charge on any atom is 0.428 e. The number of hydrogen-bond donors (Lipinski definition) is 2. The van der Waals surface area contributed by atoms with Crippen molar-refractivity contribution in [1.29, 1.82) is 0 Å². The summed E-state index contributed by atoms with van der Waals surface area (Å²) < 4.78 is 38.0. The quantitative estimate of drug-likeness (QED) is 0.901. The van der Waals surface area contributed by atoms with Gasteiger partial charge in [-0.1, -0.05) is 28.1 Å². The van der Waals surface area contributed by atoms with Crippen LogP contribution in [-0.2, 0) is 11.2 Å². The molecule has 1 unspecified atom stereocenters. The Bertz CT molecular complexity index is 433. The zero-order chi connectivity index (χ0) is 13.3. The number of carboxylic acids is 1. The van der Waals surface area contributed by atoms with Gasteiger partial charge in [-0.25, -0.2) is 4.79 Å². The van der Waals surface area contributed by atoms with Crippen LogP contribution in [0.3, 0.4) is 0 Å². The third-order valence-corrected chi connectivity index (χ3v) is 2.66. The van der Waals surface area contributed by atoms with Crippen molar-refractivity contribution in [2.24, 2.45) is 0 Å². The zero-order valence-electron chi connectivity index (χ0n) is 8.33. The van der Waals surface area contributed by atoms with Crippen molar-refractivity contribution in [2.75, 3.05) is 0 Å². The second-order valence-corrected chi connectivity index (χ2v) is 4.39. The van der Waals surface area contributed by atoms with Crippen LogP contribution < -0.4 is 0 Å². The molecule has 17 heavy (non-hydrogen) atoms. The number of carbonyl (C=O) groups is 1. The third-order valence-electron chi connectivity index (χ3n) is 2.17. The van der Waals surface area contributed by atoms with Crippen LogP contribution in [0, 0.1) is 0 Å². The molecule has 0 aliphatic rings. The highest BCUT2D eigenvalue weighted by Crippen LogP contribution is 2.34. The fraction of sp³-hybridized carbons (Fsp3) is 0.300. The summed E-state index contributed by atoms with van der Waals surface area (Å²) in [6.07, 6.45) is -6.27. The lowest BCUT2D eigenvalue weighted by molar-refractivity contribution is -0.259. The molecule has 0 saturated heterocycles. The number of rotatable bonds is 3. The molecule has 0 spiro atoms. The molecule has 1 aromatic carbocycles. The molecule has 94 valence electrons. The van der Waals surface area contributed by atoms with Gasteiger partial charge in [-0.15, -0.1) is 0 Å². The second kappa shape index (κ2) is 4.66. The summed E-state index contributed by atoms with van der Waals surface area (Å²) >= 11 is 3.05. The number of aliphatic carboxylic acids is 1. The zero-order valence-corrected chi connectivity index (χ0v) is 9.92. The van der Waals surface area contributed by atoms with Crippen LogP contribution in [-0.4, -0.2) is 28.0 Å². The molecular weight excluding hydrogens is 305 g/mol. The molecule has 3 nitrogen and oxygen atoms in total. The lowest BCUT2D eigenvalue weighted by Crippen LogP contribution is -2.53. The second-order valence-electron chi connectivity index (χ2n) is 3.47. The molecule has 0 bridgehead atoms. The molecule has 0 amide bonds. The molecule has 1 rings (SSSR count). The number of benzene rings is 1. The summed E-state index contributed by atoms with van der Waals surface area (Å²) in [6.45, 7) is 0. The van der Waals surface area contributed by atoms with Crippen molar-refractivity contribution in [2.45, 2.75) is 18.2 Å². The van der Waals surface area contributed by atoms with Crippen molar-refractivity contribution in [1.82, 2.24) is 0 Å². The lowest BCUT2D eigenvalue weighted by Gasteiger charge is -2.26. The molecule has 0 saturated carbocycles. The Balaban J connectivity index is 3.08. The van der Waals surface area contributed by atoms with Crippen LogP contribution in [0.2, 0.25) is 0 Å². The van der Waals surface area contributed by atoms with Crippen molar-refractivity contribution >= 4 is 21.9 Å². The number of carboxylic acid groups (broad SMARTS) is 1. The molecule has 2 N–H and O–H groups in total. The minimum atomic E-state index is -5.23. The van der Waals surface area contributed by atoms with Gasteiger partial charge in [0.25, 0.3) is 5.60 Å². The predicted octanol–water partition coefficient (Wildman–Crippen LogP) is 2.37. The summed E-state index contributed by atoms with van der Waals surface area (Å²) in [5.74, 6) is -2.31. The first-order chi connectivity index (χ1) is 7.67. The van der Waals surface area contributed by atoms with E-state index >= 15 is 0 Å². The Labute approximate surface area is 103 Å². The van der Waals surface area contributed by atoms with Gasteiger partial charge >= 0.3 is 12.1 Å². The molecule has 7 heteroatoms. The summed E-state index contributed by atoms with van der Waals surface area (Å²) in [5.41, 5.74) is -3.70. The van der Waals surface area contributed by atoms with Crippen molar-refractivity contribution in [3.05, 3.63) is 34.3 Å². The first-order valence-electron chi connectivity index (χ1n) is 4.44. The SMILES string of the molecule is O=C(O)C(O)(Cc1cccc(Br)c1)C(F)(F)F. The number of alkyl halides is 3. The van der Waals surface area contributed by atoms with Crippen molar-refractivity contribution in [3.8, 4) is 0 Å². The molecule has 1 atom stereocenters. The van der Waals surface area contributed by atoms with Gasteiger partial charge < -0.3 is 10.2 Å². The van der Waals surface area contributed by atoms with Gasteiger partial charge in [0.05, 0.1) is 0 Å². The van der Waals surface area contributed by atoms with E-state index in [2.05, 4.69) is 15.9 Å². The van der Waals surface area contributed by atoms with E-state index in [0.29, 0.717) is 4.47 Å². The Kier molecular flexibility index (Phi) is 3.83. The smallest absolute Gasteiger partial charge is 0.428 e. The van der Waals surface area contributed by atoms with Crippen LogP contribution in [0.4, 0.5) is 13.2 Å². The number of halogens is 4. The molecule has 0 fully saturated rings. The Morgan fingerprint density at radius 1 is 1.35 bits per heavy atom. The van der Waals surface area contributed by atoms with Crippen LogP contribution in [0.1, 0.15) is 5.56 Å². The normalized spacial score (nSPS) is 15.4. The van der Waals surface area contributed by atoms with E-state index < -0.39 is 24.2 Å². The molecule has 0 radical (unpaired) electrons. The van der Waals surface area contributed by atoms with Crippen LogP contribution >= 0.6 is 15.9 Å². The van der Waals surface area contributed by atoms with E-state index in [1.54, 1.807) is 6.07 Å². The minimum absolute atomic E-state index is 0.0709. The van der Waals surface area contributed by atoms with Gasteiger partial charge in [-0.05, 0) is 17.7 Å². The van der Waals surface area contributed by atoms with E-state index in [1.165, 1.54) is 18.2 Å². The van der Waals surface area contributed by atoms with Crippen molar-refractivity contribution in [3.63, 3.8) is 0 Å². The van der Waals surface area contributed by atoms with Crippen LogP contribution in [0.15, 0.2) is 28.7 Å². The summed E-state index contributed by atoms with van der Waals surface area (Å²) in [5, 5.41) is 17.7. The fourth-order valence-electron chi connectivity index (χ4n) is 1.24. The van der Waals surface area contributed by atoms with Gasteiger partial charge in [-0.2, -0.15) is 13.2 Å². The van der Waals surface area contributed by atoms with Crippen LogP contribution in [0.25, 0.3) is 0 Å². The van der Waals surface area contributed by atoms with Crippen molar-refractivity contribution < 1.29 is 28.2 Å². The van der Waals surface area contributed by atoms with Gasteiger partial charge in [0.15, 0.2) is 0 Å². The largest absolute Gasteiger partial charge is 0.479 e. The topological polar surface area (TPSA) is 57.5 Å². The fourth-order valence-corrected chi connectivity index (χ4v) is 1.69. The number of aliphatic hydroxyl groups is 1. The summed E-state index contributed by atoms with van der Waals surface area (Å²) in [4.78, 5) is 10.6. The lowest BCUT2D eigenvalue weighted by atomic mass is 9.94. The van der Waals surface area contributed by atoms with Gasteiger partial charge in [0, 0.05) is 10.9 Å². The molecular formula is C10H8BrF3O3. The maximum atomic E-state index is 12.5. The molecule has 0 aliphatic carbocycles. The van der Waals surface area contributed by atoms with Gasteiger partial charge in [-0.3, -0.25) is 0 Å². The third kappa shape index (κ3) is 2.98. The highest BCUT2D eigenvalue weighted by molar-refractivity contribution is 9.10. The monoisotopic (exact) mass is 312 g/mol. The summed E-state index contributed by atoms with van der Waals surface area (Å²) in [6, 6.07) is 5.67. The van der Waals surface area contributed by atoms with Gasteiger partial charge in [0.2, 0.25) is 0 Å². The van der Waals surface area contributed by atoms with Crippen LogP contribution in [0.5, 0.6) is 0 Å². The molecule has 1 aromatic rings. The average Bonchev–Trinajstić information content (AvgIpc) is 2.15. The average molecular weight is 313 g/mol. The predicted molar refractivity (Wildman–Crippen MR) is 56.5 cm³/mol. The summed E-state index contributed by atoms with van der Waals surface area (Å²) in [7, 11) is 0. The maximum absolute atomic E-state index is 12.5. The van der Waals surface area contributed by atoms with E-state index in [4.69, 9.17) is 5.11 Å². The highest BCUT2D eigenvalue weighted by Gasteiger charge is 2.59. The van der Waals surface area contributed by atoms with E-state index in [1.807, 2.05) is 0 Å². The first-order valence-corrected chi connectivity index (χ1v) is 5.23. The van der Waals surface area contributed by atoms with E-state index in [0.717, 1.165) is 0 Å². The van der Waals surface area contributed by atoms with E-state index in [-0.39, 0.29) is 5.56 Å². The Morgan fingerprint density at radius 2 is 1.94 bits per heavy atom. The van der Waals surface area contributed by atoms with E-state index in [9.17, 15) is 23.1 Å². The van der Waals surface area contributed by atoms with Gasteiger partial charge in [0.1, 0.15) is 0 Å². The highest BCUT2D eigenvalue weighted by atomic mass is 79.9. The molecule has 0 aromatic heterocycles. The number of hydrogen-bond acceptors (Lipinski definition) is 2. The Hall–Kier alpha value is -1.08. The molecule has 0 heterocycles.